The van der Waals surface area contributed by atoms with Gasteiger partial charge < -0.3 is 14.6 Å². The number of halogens is 1. The zero-order valence-corrected chi connectivity index (χ0v) is 16.1. The number of nitrogens with zero attached hydrogens (tertiary/aromatic N) is 1. The lowest BCUT2D eigenvalue weighted by Gasteiger charge is -2.10. The zero-order valence-electron chi connectivity index (χ0n) is 14.5. The molecule has 1 amide bonds. The van der Waals surface area contributed by atoms with Gasteiger partial charge in [-0.25, -0.2) is 0 Å². The first-order valence-corrected chi connectivity index (χ1v) is 9.16. The van der Waals surface area contributed by atoms with E-state index < -0.39 is 0 Å². The zero-order chi connectivity index (χ0) is 18.2. The molecule has 0 saturated heterocycles. The molecule has 0 atom stereocenters. The fourth-order valence-electron chi connectivity index (χ4n) is 2.35. The minimum absolute atomic E-state index is 0.0176. The van der Waals surface area contributed by atoms with Gasteiger partial charge in [-0.2, -0.15) is 0 Å². The smallest absolute Gasteiger partial charge is 0.251 e. The van der Waals surface area contributed by atoms with Gasteiger partial charge in [0.1, 0.15) is 5.75 Å². The Balaban J connectivity index is 1.73. The Morgan fingerprint density at radius 2 is 1.88 bits per heavy atom. The summed E-state index contributed by atoms with van der Waals surface area (Å²) in [4.78, 5) is 23.8. The van der Waals surface area contributed by atoms with Crippen molar-refractivity contribution in [2.45, 2.75) is 39.3 Å². The van der Waals surface area contributed by atoms with Gasteiger partial charge in [-0.05, 0) is 73.0 Å². The van der Waals surface area contributed by atoms with Crippen LogP contribution in [0.15, 0.2) is 51.9 Å². The van der Waals surface area contributed by atoms with Crippen LogP contribution >= 0.6 is 15.9 Å². The van der Waals surface area contributed by atoms with Gasteiger partial charge in [0.05, 0.1) is 6.10 Å². The molecule has 0 aliphatic heterocycles. The number of carbonyl (C=O) groups is 1. The highest BCUT2D eigenvalue weighted by atomic mass is 79.9. The van der Waals surface area contributed by atoms with Crippen LogP contribution in [0.2, 0.25) is 0 Å². The Morgan fingerprint density at radius 1 is 1.16 bits per heavy atom. The number of ether oxygens (including phenoxy) is 1. The van der Waals surface area contributed by atoms with Crippen LogP contribution in [0.5, 0.6) is 5.75 Å². The molecule has 1 aromatic carbocycles. The van der Waals surface area contributed by atoms with Crippen molar-refractivity contribution >= 4 is 21.8 Å². The lowest BCUT2D eigenvalue weighted by Crippen LogP contribution is -2.25. The number of hydrogen-bond acceptors (Lipinski definition) is 3. The first-order valence-electron chi connectivity index (χ1n) is 8.36. The summed E-state index contributed by atoms with van der Waals surface area (Å²) in [6.45, 7) is 5.13. The van der Waals surface area contributed by atoms with E-state index in [0.29, 0.717) is 18.7 Å². The molecule has 0 bridgehead atoms. The highest BCUT2D eigenvalue weighted by Crippen LogP contribution is 2.13. The van der Waals surface area contributed by atoms with Crippen LogP contribution in [0.1, 0.15) is 37.0 Å². The summed E-state index contributed by atoms with van der Waals surface area (Å²) in [5.74, 6) is 0.654. The summed E-state index contributed by atoms with van der Waals surface area (Å²) < 4.78 is 8.11. The van der Waals surface area contributed by atoms with Crippen molar-refractivity contribution in [1.29, 1.82) is 0 Å². The van der Waals surface area contributed by atoms with E-state index in [-0.39, 0.29) is 17.6 Å². The van der Waals surface area contributed by atoms with Gasteiger partial charge in [-0.3, -0.25) is 9.59 Å². The average Bonchev–Trinajstić information content (AvgIpc) is 2.57. The number of pyridine rings is 1. The molecule has 0 saturated carbocycles. The third-order valence-corrected chi connectivity index (χ3v) is 4.02. The van der Waals surface area contributed by atoms with E-state index in [9.17, 15) is 9.59 Å². The summed E-state index contributed by atoms with van der Waals surface area (Å²) in [5.41, 5.74) is 0.593. The molecular formula is C19H23BrN2O3. The van der Waals surface area contributed by atoms with Crippen molar-refractivity contribution in [3.63, 3.8) is 0 Å². The molecule has 0 fully saturated rings. The van der Waals surface area contributed by atoms with Crippen LogP contribution in [0.3, 0.4) is 0 Å². The maximum atomic E-state index is 12.1. The number of aryl methyl sites for hydroxylation is 1. The highest BCUT2D eigenvalue weighted by molar-refractivity contribution is 9.10. The second-order valence-electron chi connectivity index (χ2n) is 6.03. The number of hydrogen-bond donors (Lipinski definition) is 1. The molecule has 134 valence electrons. The molecule has 0 radical (unpaired) electrons. The molecule has 0 aliphatic rings. The van der Waals surface area contributed by atoms with E-state index in [1.807, 2.05) is 13.8 Å². The van der Waals surface area contributed by atoms with E-state index in [1.165, 1.54) is 0 Å². The van der Waals surface area contributed by atoms with Gasteiger partial charge in [0, 0.05) is 35.4 Å². The van der Waals surface area contributed by atoms with E-state index in [2.05, 4.69) is 21.2 Å². The van der Waals surface area contributed by atoms with Crippen LogP contribution in [-0.2, 0) is 6.54 Å². The van der Waals surface area contributed by atoms with Crippen LogP contribution < -0.4 is 15.6 Å². The predicted octanol–water partition coefficient (Wildman–Crippen LogP) is 3.61. The summed E-state index contributed by atoms with van der Waals surface area (Å²) in [6.07, 6.45) is 3.51. The van der Waals surface area contributed by atoms with Gasteiger partial charge >= 0.3 is 0 Å². The van der Waals surface area contributed by atoms with E-state index in [0.717, 1.165) is 23.1 Å². The molecule has 25 heavy (non-hydrogen) atoms. The first kappa shape index (κ1) is 19.2. The standard InChI is InChI=1S/C19H23BrN2O3/c1-14(2)25-17-8-5-15(6-9-17)19(24)21-11-3-4-12-22-13-16(20)7-10-18(22)23/h5-10,13-14H,3-4,11-12H2,1-2H3,(H,21,24). The third kappa shape index (κ3) is 6.38. The molecule has 6 heteroatoms. The Bertz CT molecular complexity index is 754. The fraction of sp³-hybridized carbons (Fsp3) is 0.368. The molecular weight excluding hydrogens is 384 g/mol. The molecule has 1 N–H and O–H groups in total. The van der Waals surface area contributed by atoms with Crippen molar-refractivity contribution in [2.75, 3.05) is 6.54 Å². The molecule has 5 nitrogen and oxygen atoms in total. The lowest BCUT2D eigenvalue weighted by atomic mass is 10.2. The van der Waals surface area contributed by atoms with Crippen LogP contribution in [-0.4, -0.2) is 23.1 Å². The maximum absolute atomic E-state index is 12.1. The van der Waals surface area contributed by atoms with E-state index >= 15 is 0 Å². The molecule has 0 unspecified atom stereocenters. The monoisotopic (exact) mass is 406 g/mol. The maximum Gasteiger partial charge on any atom is 0.251 e. The molecule has 1 heterocycles. The van der Waals surface area contributed by atoms with Crippen LogP contribution in [0.4, 0.5) is 0 Å². The van der Waals surface area contributed by atoms with Gasteiger partial charge in [0.2, 0.25) is 0 Å². The molecule has 2 aromatic rings. The summed E-state index contributed by atoms with van der Waals surface area (Å²) in [7, 11) is 0. The van der Waals surface area contributed by atoms with E-state index in [1.54, 1.807) is 47.2 Å². The van der Waals surface area contributed by atoms with Crippen molar-refractivity contribution < 1.29 is 9.53 Å². The fourth-order valence-corrected chi connectivity index (χ4v) is 2.72. The van der Waals surface area contributed by atoms with Gasteiger partial charge in [-0.15, -0.1) is 0 Å². The molecule has 1 aromatic heterocycles. The Labute approximate surface area is 156 Å². The summed E-state index contributed by atoms with van der Waals surface area (Å²) in [5, 5.41) is 2.90. The SMILES string of the molecule is CC(C)Oc1ccc(C(=O)NCCCCn2cc(Br)ccc2=O)cc1. The molecule has 2 rings (SSSR count). The minimum atomic E-state index is -0.101. The number of nitrogens with one attached hydrogen (secondary N) is 1. The van der Waals surface area contributed by atoms with Crippen molar-refractivity contribution in [1.82, 2.24) is 9.88 Å². The number of aromatic nitrogens is 1. The Hall–Kier alpha value is -2.08. The summed E-state index contributed by atoms with van der Waals surface area (Å²) in [6, 6.07) is 10.4. The lowest BCUT2D eigenvalue weighted by molar-refractivity contribution is 0.0953. The molecule has 0 spiro atoms. The van der Waals surface area contributed by atoms with Crippen LogP contribution in [0, 0.1) is 0 Å². The van der Waals surface area contributed by atoms with Crippen molar-refractivity contribution in [3.8, 4) is 5.75 Å². The van der Waals surface area contributed by atoms with Gasteiger partial charge in [-0.1, -0.05) is 0 Å². The topological polar surface area (TPSA) is 60.3 Å². The molecule has 0 aliphatic carbocycles. The average molecular weight is 407 g/mol. The van der Waals surface area contributed by atoms with E-state index in [4.69, 9.17) is 4.74 Å². The summed E-state index contributed by atoms with van der Waals surface area (Å²) >= 11 is 3.36. The Morgan fingerprint density at radius 3 is 2.56 bits per heavy atom. The largest absolute Gasteiger partial charge is 0.491 e. The number of benzene rings is 1. The Kier molecular flexibility index (Phi) is 7.25. The first-order chi connectivity index (χ1) is 12.0. The predicted molar refractivity (Wildman–Crippen MR) is 102 cm³/mol. The quantitative estimate of drug-likeness (QED) is 0.681. The second-order valence-corrected chi connectivity index (χ2v) is 6.95. The van der Waals surface area contributed by atoms with Gasteiger partial charge in [0.15, 0.2) is 0 Å². The number of rotatable bonds is 8. The normalized spacial score (nSPS) is 10.7. The number of unbranched alkanes of at least 4 members (excludes halogenated alkanes) is 1. The number of carbonyl (C=O) groups excluding carboxylic acids is 1. The number of amides is 1. The second kappa shape index (κ2) is 9.42. The highest BCUT2D eigenvalue weighted by Gasteiger charge is 2.06. The van der Waals surface area contributed by atoms with Crippen molar-refractivity contribution in [3.05, 3.63) is 63.0 Å². The van der Waals surface area contributed by atoms with Crippen LogP contribution in [0.25, 0.3) is 0 Å². The van der Waals surface area contributed by atoms with Crippen molar-refractivity contribution in [2.24, 2.45) is 0 Å². The minimum Gasteiger partial charge on any atom is -0.491 e. The third-order valence-electron chi connectivity index (χ3n) is 3.55. The van der Waals surface area contributed by atoms with Gasteiger partial charge in [0.25, 0.3) is 11.5 Å².